The molecule has 25 heavy (non-hydrogen) atoms. The lowest BCUT2D eigenvalue weighted by Crippen LogP contribution is -2.22. The van der Waals surface area contributed by atoms with E-state index in [1.54, 1.807) is 6.07 Å². The summed E-state index contributed by atoms with van der Waals surface area (Å²) in [7, 11) is 0. The zero-order valence-corrected chi connectivity index (χ0v) is 14.7. The van der Waals surface area contributed by atoms with E-state index in [0.29, 0.717) is 22.9 Å². The molecule has 3 rings (SSSR count). The van der Waals surface area contributed by atoms with Crippen molar-refractivity contribution in [3.63, 3.8) is 0 Å². The minimum Gasteiger partial charge on any atom is -0.504 e. The zero-order valence-electron chi connectivity index (χ0n) is 13.1. The zero-order chi connectivity index (χ0) is 16.9. The third-order valence-electron chi connectivity index (χ3n) is 3.29. The Bertz CT molecular complexity index is 868. The van der Waals surface area contributed by atoms with Crippen LogP contribution in [-0.2, 0) is 6.54 Å². The first kappa shape index (κ1) is 18.6. The minimum atomic E-state index is -0.182. The summed E-state index contributed by atoms with van der Waals surface area (Å²) in [4.78, 5) is 8.67. The number of rotatable bonds is 4. The highest BCUT2D eigenvalue weighted by molar-refractivity contribution is 7.14. The molecule has 0 aliphatic heterocycles. The van der Waals surface area contributed by atoms with Crippen LogP contribution >= 0.6 is 23.7 Å². The van der Waals surface area contributed by atoms with Gasteiger partial charge in [-0.3, -0.25) is 0 Å². The van der Waals surface area contributed by atoms with E-state index < -0.39 is 0 Å². The van der Waals surface area contributed by atoms with Crippen molar-refractivity contribution in [1.29, 1.82) is 0 Å². The summed E-state index contributed by atoms with van der Waals surface area (Å²) in [5.41, 5.74) is 8.33. The largest absolute Gasteiger partial charge is 0.504 e. The summed E-state index contributed by atoms with van der Waals surface area (Å²) in [6, 6.07) is 14.4. The summed E-state index contributed by atoms with van der Waals surface area (Å²) < 4.78 is 0. The highest BCUT2D eigenvalue weighted by Gasteiger charge is 2.08. The van der Waals surface area contributed by atoms with Gasteiger partial charge in [0.2, 0.25) is 0 Å². The molecule has 0 aliphatic rings. The second-order valence-corrected chi connectivity index (χ2v) is 5.91. The second kappa shape index (κ2) is 8.36. The lowest BCUT2D eigenvalue weighted by molar-refractivity contribution is 0.404. The molecule has 5 N–H and O–H groups in total. The summed E-state index contributed by atoms with van der Waals surface area (Å²) in [6.07, 6.45) is 0. The number of hydrogen-bond acceptors (Lipinski definition) is 5. The van der Waals surface area contributed by atoms with Crippen LogP contribution in [0.5, 0.6) is 11.5 Å². The molecule has 3 aromatic rings. The summed E-state index contributed by atoms with van der Waals surface area (Å²) in [5, 5.41) is 24.3. The first-order valence-corrected chi connectivity index (χ1v) is 8.08. The van der Waals surface area contributed by atoms with E-state index in [9.17, 15) is 10.2 Å². The minimum absolute atomic E-state index is 0. The van der Waals surface area contributed by atoms with Gasteiger partial charge in [0.25, 0.3) is 0 Å². The maximum Gasteiger partial charge on any atom is 0.195 e. The quantitative estimate of drug-likeness (QED) is 0.316. The highest BCUT2D eigenvalue weighted by atomic mass is 35.5. The van der Waals surface area contributed by atoms with Gasteiger partial charge in [0, 0.05) is 10.9 Å². The van der Waals surface area contributed by atoms with Gasteiger partial charge >= 0.3 is 0 Å². The van der Waals surface area contributed by atoms with Crippen molar-refractivity contribution in [2.75, 3.05) is 5.32 Å². The Morgan fingerprint density at radius 1 is 1.12 bits per heavy atom. The molecule has 8 heteroatoms. The lowest BCUT2D eigenvalue weighted by Gasteiger charge is -2.02. The molecule has 130 valence electrons. The number of aromatic nitrogens is 1. The number of hydrogen-bond donors (Lipinski definition) is 4. The van der Waals surface area contributed by atoms with Gasteiger partial charge in [-0.2, -0.15) is 0 Å². The van der Waals surface area contributed by atoms with Crippen LogP contribution in [0.1, 0.15) is 5.56 Å². The molecule has 0 spiro atoms. The summed E-state index contributed by atoms with van der Waals surface area (Å²) >= 11 is 1.38. The number of phenolic OH excluding ortho intramolecular Hbond substituents is 2. The van der Waals surface area contributed by atoms with Crippen LogP contribution in [-0.4, -0.2) is 21.2 Å². The molecule has 0 bridgehead atoms. The van der Waals surface area contributed by atoms with Crippen molar-refractivity contribution < 1.29 is 10.2 Å². The first-order valence-electron chi connectivity index (χ1n) is 7.20. The predicted molar refractivity (Wildman–Crippen MR) is 104 cm³/mol. The van der Waals surface area contributed by atoms with Crippen molar-refractivity contribution >= 4 is 34.8 Å². The van der Waals surface area contributed by atoms with Gasteiger partial charge in [0.05, 0.1) is 12.2 Å². The number of aliphatic imine (C=N–C) groups is 1. The van der Waals surface area contributed by atoms with Gasteiger partial charge < -0.3 is 21.3 Å². The molecular formula is C17H17ClN4O2S. The Kier molecular flexibility index (Phi) is 6.21. The van der Waals surface area contributed by atoms with Crippen LogP contribution in [0.2, 0.25) is 0 Å². The topological polar surface area (TPSA) is 104 Å². The molecule has 6 nitrogen and oxygen atoms in total. The number of halogens is 1. The fourth-order valence-corrected chi connectivity index (χ4v) is 2.78. The number of thiazole rings is 1. The number of nitrogens with zero attached hydrogens (tertiary/aromatic N) is 2. The van der Waals surface area contributed by atoms with Crippen molar-refractivity contribution in [2.24, 2.45) is 10.7 Å². The van der Waals surface area contributed by atoms with E-state index in [-0.39, 0.29) is 29.9 Å². The number of anilines is 1. The number of nitrogens with one attached hydrogen (secondary N) is 1. The smallest absolute Gasteiger partial charge is 0.195 e. The van der Waals surface area contributed by atoms with Gasteiger partial charge in [-0.1, -0.05) is 30.3 Å². The molecule has 1 aromatic heterocycles. The Morgan fingerprint density at radius 3 is 2.60 bits per heavy atom. The van der Waals surface area contributed by atoms with E-state index >= 15 is 0 Å². The molecule has 1 heterocycles. The number of guanidine groups is 1. The molecular weight excluding hydrogens is 360 g/mol. The maximum absolute atomic E-state index is 9.56. The fraction of sp³-hybridized carbons (Fsp3) is 0.0588. The number of benzene rings is 2. The average molecular weight is 377 g/mol. The van der Waals surface area contributed by atoms with E-state index in [1.165, 1.54) is 23.5 Å². The predicted octanol–water partition coefficient (Wildman–Crippen LogP) is 3.57. The molecule has 0 amide bonds. The highest BCUT2D eigenvalue weighted by Crippen LogP contribution is 2.31. The van der Waals surface area contributed by atoms with E-state index in [0.717, 1.165) is 5.56 Å². The van der Waals surface area contributed by atoms with E-state index in [2.05, 4.69) is 15.3 Å². The van der Waals surface area contributed by atoms with Crippen LogP contribution < -0.4 is 11.1 Å². The molecule has 0 unspecified atom stereocenters. The molecule has 0 saturated carbocycles. The van der Waals surface area contributed by atoms with Gasteiger partial charge in [-0.05, 0) is 23.8 Å². The first-order chi connectivity index (χ1) is 11.6. The molecule has 0 radical (unpaired) electrons. The summed E-state index contributed by atoms with van der Waals surface area (Å²) in [6.45, 7) is 0.490. The van der Waals surface area contributed by atoms with Crippen LogP contribution in [0.15, 0.2) is 58.9 Å². The third kappa shape index (κ3) is 4.85. The number of aromatic hydroxyl groups is 2. The van der Waals surface area contributed by atoms with Crippen LogP contribution in [0.4, 0.5) is 5.13 Å². The average Bonchev–Trinajstić information content (AvgIpc) is 3.05. The Balaban J connectivity index is 0.00000225. The molecule has 0 fully saturated rings. The second-order valence-electron chi connectivity index (χ2n) is 5.05. The Labute approximate surface area is 155 Å². The van der Waals surface area contributed by atoms with Gasteiger partial charge in [0.1, 0.15) is 0 Å². The number of phenols is 2. The molecule has 0 aliphatic carbocycles. The summed E-state index contributed by atoms with van der Waals surface area (Å²) in [5.74, 6) is -0.0585. The van der Waals surface area contributed by atoms with E-state index in [1.807, 2.05) is 35.7 Å². The van der Waals surface area contributed by atoms with Gasteiger partial charge in [-0.25, -0.2) is 9.98 Å². The van der Waals surface area contributed by atoms with Crippen LogP contribution in [0, 0.1) is 0 Å². The molecule has 0 saturated heterocycles. The fourth-order valence-electron chi connectivity index (χ4n) is 2.06. The monoisotopic (exact) mass is 376 g/mol. The lowest BCUT2D eigenvalue weighted by atomic mass is 10.1. The number of nitrogens with two attached hydrogens (primary N) is 1. The van der Waals surface area contributed by atoms with Crippen LogP contribution in [0.3, 0.4) is 0 Å². The molecule has 0 atom stereocenters. The maximum atomic E-state index is 9.56. The standard InChI is InChI=1S/C17H16N4O2S.ClH/c18-16(19-9-11-4-2-1-3-5-11)21-17-20-13(10-24-17)12-6-7-14(22)15(23)8-12;/h1-8,10,22-23H,9H2,(H3,18,19,20,21);1H. The van der Waals surface area contributed by atoms with Gasteiger partial charge in [-0.15, -0.1) is 23.7 Å². The van der Waals surface area contributed by atoms with Crippen LogP contribution in [0.25, 0.3) is 11.3 Å². The van der Waals surface area contributed by atoms with E-state index in [4.69, 9.17) is 5.73 Å². The van der Waals surface area contributed by atoms with Crippen molar-refractivity contribution in [2.45, 2.75) is 6.54 Å². The van der Waals surface area contributed by atoms with Crippen molar-refractivity contribution in [3.05, 3.63) is 59.5 Å². The third-order valence-corrected chi connectivity index (χ3v) is 4.04. The van der Waals surface area contributed by atoms with Crippen molar-refractivity contribution in [1.82, 2.24) is 4.98 Å². The SMILES string of the molecule is Cl.NC(=NCc1ccccc1)Nc1nc(-c2ccc(O)c(O)c2)cs1. The Morgan fingerprint density at radius 2 is 1.88 bits per heavy atom. The van der Waals surface area contributed by atoms with Crippen molar-refractivity contribution in [3.8, 4) is 22.8 Å². The Hall–Kier alpha value is -2.77. The molecule has 2 aromatic carbocycles. The normalized spacial score (nSPS) is 11.0. The van der Waals surface area contributed by atoms with Gasteiger partial charge in [0.15, 0.2) is 22.6 Å².